The van der Waals surface area contributed by atoms with Crippen molar-refractivity contribution < 1.29 is 4.74 Å². The summed E-state index contributed by atoms with van der Waals surface area (Å²) < 4.78 is 5.84. The van der Waals surface area contributed by atoms with Crippen LogP contribution in [0.1, 0.15) is 18.6 Å². The maximum absolute atomic E-state index is 5.84. The van der Waals surface area contributed by atoms with E-state index in [1.807, 2.05) is 6.07 Å². The SMILES string of the molecule is CC1CNCC(c2ccccc2)OC1. The van der Waals surface area contributed by atoms with Crippen molar-refractivity contribution in [3.63, 3.8) is 0 Å². The quantitative estimate of drug-likeness (QED) is 0.733. The molecule has 2 rings (SSSR count). The summed E-state index contributed by atoms with van der Waals surface area (Å²) >= 11 is 0. The van der Waals surface area contributed by atoms with Crippen LogP contribution in [0.15, 0.2) is 30.3 Å². The second-order valence-electron chi connectivity index (χ2n) is 4.00. The van der Waals surface area contributed by atoms with Gasteiger partial charge >= 0.3 is 0 Å². The predicted molar refractivity (Wildman–Crippen MR) is 57.2 cm³/mol. The zero-order valence-corrected chi connectivity index (χ0v) is 8.57. The molecule has 14 heavy (non-hydrogen) atoms. The number of ether oxygens (including phenoxy) is 1. The van der Waals surface area contributed by atoms with E-state index in [-0.39, 0.29) is 6.10 Å². The lowest BCUT2D eigenvalue weighted by Crippen LogP contribution is -2.22. The summed E-state index contributed by atoms with van der Waals surface area (Å²) in [7, 11) is 0. The van der Waals surface area contributed by atoms with Crippen LogP contribution in [0.2, 0.25) is 0 Å². The van der Waals surface area contributed by atoms with Crippen LogP contribution < -0.4 is 5.32 Å². The number of rotatable bonds is 1. The monoisotopic (exact) mass is 191 g/mol. The Kier molecular flexibility index (Phi) is 3.17. The molecular weight excluding hydrogens is 174 g/mol. The molecule has 0 bridgehead atoms. The summed E-state index contributed by atoms with van der Waals surface area (Å²) in [6.07, 6.45) is 0.223. The minimum absolute atomic E-state index is 0.223. The van der Waals surface area contributed by atoms with Crippen LogP contribution in [0.5, 0.6) is 0 Å². The Balaban J connectivity index is 2.04. The summed E-state index contributed by atoms with van der Waals surface area (Å²) in [5.41, 5.74) is 1.27. The molecule has 2 atom stereocenters. The Morgan fingerprint density at radius 2 is 2.00 bits per heavy atom. The molecule has 0 radical (unpaired) electrons. The summed E-state index contributed by atoms with van der Waals surface area (Å²) in [6, 6.07) is 10.4. The standard InChI is InChI=1S/C12H17NO/c1-10-7-13-8-12(14-9-10)11-5-3-2-4-6-11/h2-6,10,12-13H,7-9H2,1H3. The lowest BCUT2D eigenvalue weighted by Gasteiger charge is -2.15. The zero-order valence-electron chi connectivity index (χ0n) is 8.57. The Morgan fingerprint density at radius 3 is 2.79 bits per heavy atom. The second kappa shape index (κ2) is 4.58. The Labute approximate surface area is 85.3 Å². The predicted octanol–water partition coefficient (Wildman–Crippen LogP) is 1.98. The van der Waals surface area contributed by atoms with Crippen LogP contribution in [-0.2, 0) is 4.74 Å². The minimum Gasteiger partial charge on any atom is -0.372 e. The maximum Gasteiger partial charge on any atom is 0.0949 e. The molecule has 2 nitrogen and oxygen atoms in total. The summed E-state index contributed by atoms with van der Waals surface area (Å²) in [6.45, 7) is 5.05. The molecule has 0 aliphatic carbocycles. The van der Waals surface area contributed by atoms with Gasteiger partial charge in [0, 0.05) is 13.1 Å². The summed E-state index contributed by atoms with van der Waals surface area (Å²) in [4.78, 5) is 0. The van der Waals surface area contributed by atoms with E-state index >= 15 is 0 Å². The number of benzene rings is 1. The zero-order chi connectivity index (χ0) is 9.80. The van der Waals surface area contributed by atoms with E-state index in [9.17, 15) is 0 Å². The van der Waals surface area contributed by atoms with Gasteiger partial charge in [0.1, 0.15) is 0 Å². The molecule has 0 spiro atoms. The molecule has 1 aliphatic heterocycles. The fraction of sp³-hybridized carbons (Fsp3) is 0.500. The molecule has 0 amide bonds. The Morgan fingerprint density at radius 1 is 1.21 bits per heavy atom. The van der Waals surface area contributed by atoms with E-state index in [4.69, 9.17) is 4.74 Å². The van der Waals surface area contributed by atoms with Gasteiger partial charge in [0.15, 0.2) is 0 Å². The number of hydrogen-bond acceptors (Lipinski definition) is 2. The molecule has 1 aliphatic rings. The first kappa shape index (κ1) is 9.69. The second-order valence-corrected chi connectivity index (χ2v) is 4.00. The fourth-order valence-electron chi connectivity index (χ4n) is 1.74. The topological polar surface area (TPSA) is 21.3 Å². The molecule has 1 aromatic carbocycles. The molecule has 0 saturated carbocycles. The molecule has 1 saturated heterocycles. The van der Waals surface area contributed by atoms with Crippen LogP contribution in [0.25, 0.3) is 0 Å². The lowest BCUT2D eigenvalue weighted by molar-refractivity contribution is 0.0515. The van der Waals surface area contributed by atoms with Gasteiger partial charge in [-0.2, -0.15) is 0 Å². The van der Waals surface area contributed by atoms with E-state index in [0.29, 0.717) is 5.92 Å². The molecule has 76 valence electrons. The normalized spacial score (nSPS) is 28.4. The van der Waals surface area contributed by atoms with Crippen LogP contribution in [0.3, 0.4) is 0 Å². The average Bonchev–Trinajstić information content (AvgIpc) is 2.44. The van der Waals surface area contributed by atoms with Gasteiger partial charge in [-0.25, -0.2) is 0 Å². The van der Waals surface area contributed by atoms with Gasteiger partial charge in [0.05, 0.1) is 12.7 Å². The third kappa shape index (κ3) is 2.34. The van der Waals surface area contributed by atoms with Gasteiger partial charge in [-0.3, -0.25) is 0 Å². The molecule has 2 heteroatoms. The van der Waals surface area contributed by atoms with Crippen LogP contribution >= 0.6 is 0 Å². The molecule has 0 aromatic heterocycles. The first-order chi connectivity index (χ1) is 6.86. The van der Waals surface area contributed by atoms with E-state index in [1.165, 1.54) is 5.56 Å². The molecule has 1 heterocycles. The number of hydrogen-bond donors (Lipinski definition) is 1. The number of nitrogens with one attached hydrogen (secondary N) is 1. The summed E-state index contributed by atoms with van der Waals surface area (Å²) in [5.74, 6) is 0.615. The van der Waals surface area contributed by atoms with Crippen molar-refractivity contribution in [3.05, 3.63) is 35.9 Å². The van der Waals surface area contributed by atoms with Gasteiger partial charge < -0.3 is 10.1 Å². The van der Waals surface area contributed by atoms with Crippen molar-refractivity contribution in [2.75, 3.05) is 19.7 Å². The minimum atomic E-state index is 0.223. The maximum atomic E-state index is 5.84. The van der Waals surface area contributed by atoms with Crippen molar-refractivity contribution >= 4 is 0 Å². The average molecular weight is 191 g/mol. The van der Waals surface area contributed by atoms with Crippen molar-refractivity contribution in [3.8, 4) is 0 Å². The van der Waals surface area contributed by atoms with Crippen molar-refractivity contribution in [1.82, 2.24) is 5.32 Å². The van der Waals surface area contributed by atoms with Gasteiger partial charge in [0.2, 0.25) is 0 Å². The molecule has 1 fully saturated rings. The van der Waals surface area contributed by atoms with Crippen molar-refractivity contribution in [2.24, 2.45) is 5.92 Å². The third-order valence-electron chi connectivity index (χ3n) is 2.58. The molecular formula is C12H17NO. The lowest BCUT2D eigenvalue weighted by atomic mass is 10.1. The van der Waals surface area contributed by atoms with Gasteiger partial charge in [-0.05, 0) is 11.5 Å². The van der Waals surface area contributed by atoms with Crippen molar-refractivity contribution in [1.29, 1.82) is 0 Å². The van der Waals surface area contributed by atoms with Crippen LogP contribution in [0, 0.1) is 5.92 Å². The first-order valence-electron chi connectivity index (χ1n) is 5.23. The largest absolute Gasteiger partial charge is 0.372 e. The highest BCUT2D eigenvalue weighted by atomic mass is 16.5. The van der Waals surface area contributed by atoms with E-state index in [1.54, 1.807) is 0 Å². The van der Waals surface area contributed by atoms with Crippen molar-refractivity contribution in [2.45, 2.75) is 13.0 Å². The van der Waals surface area contributed by atoms with Gasteiger partial charge in [0.25, 0.3) is 0 Å². The van der Waals surface area contributed by atoms with E-state index < -0.39 is 0 Å². The van der Waals surface area contributed by atoms with E-state index in [2.05, 4.69) is 36.5 Å². The third-order valence-corrected chi connectivity index (χ3v) is 2.58. The van der Waals surface area contributed by atoms with Gasteiger partial charge in [-0.1, -0.05) is 37.3 Å². The van der Waals surface area contributed by atoms with Gasteiger partial charge in [-0.15, -0.1) is 0 Å². The highest BCUT2D eigenvalue weighted by molar-refractivity contribution is 5.18. The highest BCUT2D eigenvalue weighted by Crippen LogP contribution is 2.19. The highest BCUT2D eigenvalue weighted by Gasteiger charge is 2.16. The molecule has 1 N–H and O–H groups in total. The van der Waals surface area contributed by atoms with E-state index in [0.717, 1.165) is 19.7 Å². The molecule has 1 aromatic rings. The fourth-order valence-corrected chi connectivity index (χ4v) is 1.74. The Hall–Kier alpha value is -0.860. The molecule has 2 unspecified atom stereocenters. The summed E-state index contributed by atoms with van der Waals surface area (Å²) in [5, 5.41) is 3.42. The van der Waals surface area contributed by atoms with Crippen LogP contribution in [0.4, 0.5) is 0 Å². The smallest absolute Gasteiger partial charge is 0.0949 e. The van der Waals surface area contributed by atoms with Crippen LogP contribution in [-0.4, -0.2) is 19.7 Å². The Bertz CT molecular complexity index is 273. The first-order valence-corrected chi connectivity index (χ1v) is 5.23.